The quantitative estimate of drug-likeness (QED) is 0.458. The maximum atomic E-state index is 10.5. The Morgan fingerprint density at radius 2 is 2.00 bits per heavy atom. The first-order valence-corrected chi connectivity index (χ1v) is 5.24. The molecule has 0 saturated heterocycles. The van der Waals surface area contributed by atoms with Crippen LogP contribution in [0.25, 0.3) is 0 Å². The predicted octanol–water partition coefficient (Wildman–Crippen LogP) is -0.0471. The van der Waals surface area contributed by atoms with Crippen LogP contribution < -0.4 is 5.73 Å². The van der Waals surface area contributed by atoms with Gasteiger partial charge in [0.25, 0.3) is 5.91 Å². The molecule has 0 saturated carbocycles. The summed E-state index contributed by atoms with van der Waals surface area (Å²) in [6.45, 7) is 0. The summed E-state index contributed by atoms with van der Waals surface area (Å²) in [7, 11) is -2.98. The molecule has 0 aliphatic carbocycles. The lowest BCUT2D eigenvalue weighted by Gasteiger charge is -1.86. The molecule has 0 aromatic heterocycles. The van der Waals surface area contributed by atoms with E-state index in [0.717, 1.165) is 12.3 Å². The minimum absolute atomic E-state index is 0.0521. The number of nitrogens with one attached hydrogen (secondary N) is 1. The first-order chi connectivity index (χ1) is 5.42. The summed E-state index contributed by atoms with van der Waals surface area (Å²) in [4.78, 5) is 10.0. The Hall–Kier alpha value is -1.10. The van der Waals surface area contributed by atoms with Crippen molar-refractivity contribution in [1.82, 2.24) is 5.73 Å². The molecule has 0 aromatic rings. The normalized spacial score (nSPS) is 12.8. The van der Waals surface area contributed by atoms with E-state index in [9.17, 15) is 13.2 Å². The molecular formula is C7H10NO3S. The maximum absolute atomic E-state index is 10.5. The molecule has 0 unspecified atom stereocenters. The molecule has 0 rings (SSSR count). The number of carbonyl (C=O) groups excluding carboxylic acids is 1. The van der Waals surface area contributed by atoms with Crippen LogP contribution in [0, 0.1) is 0 Å². The number of amides is 1. The fraction of sp³-hybridized carbons (Fsp3) is 0.286. The molecule has 67 valence electrons. The van der Waals surface area contributed by atoms with Gasteiger partial charge in [-0.2, -0.15) is 0 Å². The molecule has 0 aliphatic rings. The summed E-state index contributed by atoms with van der Waals surface area (Å²) in [6, 6.07) is 0. The number of sulfone groups is 1. The number of allylic oxidation sites excluding steroid dienone is 2. The molecule has 1 amide bonds. The Balaban J connectivity index is 3.88. The second-order valence-electron chi connectivity index (χ2n) is 2.24. The van der Waals surface area contributed by atoms with E-state index in [2.05, 4.69) is 0 Å². The summed E-state index contributed by atoms with van der Waals surface area (Å²) >= 11 is 0. The third-order valence-electron chi connectivity index (χ3n) is 0.894. The van der Waals surface area contributed by atoms with Crippen molar-refractivity contribution in [2.75, 3.05) is 12.0 Å². The van der Waals surface area contributed by atoms with Crippen molar-refractivity contribution < 1.29 is 13.2 Å². The van der Waals surface area contributed by atoms with Gasteiger partial charge in [0.1, 0.15) is 0 Å². The Bertz CT molecular complexity index is 301. The van der Waals surface area contributed by atoms with Gasteiger partial charge < -0.3 is 0 Å². The van der Waals surface area contributed by atoms with Crippen LogP contribution in [0.5, 0.6) is 0 Å². The number of hydrogen-bond donors (Lipinski definition) is 0. The third-order valence-corrected chi connectivity index (χ3v) is 1.69. The molecule has 0 heterocycles. The summed E-state index contributed by atoms with van der Waals surface area (Å²) in [5.41, 5.74) is 6.46. The van der Waals surface area contributed by atoms with Gasteiger partial charge in [-0.05, 0) is 0 Å². The Kier molecular flexibility index (Phi) is 4.28. The lowest BCUT2D eigenvalue weighted by atomic mass is 10.4. The molecule has 4 nitrogen and oxygen atoms in total. The van der Waals surface area contributed by atoms with E-state index >= 15 is 0 Å². The van der Waals surface area contributed by atoms with E-state index < -0.39 is 15.7 Å². The molecular weight excluding hydrogens is 178 g/mol. The van der Waals surface area contributed by atoms with E-state index in [0.29, 0.717) is 0 Å². The lowest BCUT2D eigenvalue weighted by Crippen LogP contribution is -1.98. The van der Waals surface area contributed by atoms with Crippen LogP contribution in [-0.4, -0.2) is 26.3 Å². The summed E-state index contributed by atoms with van der Waals surface area (Å²) < 4.78 is 21.1. The van der Waals surface area contributed by atoms with Crippen LogP contribution in [0.15, 0.2) is 24.3 Å². The highest BCUT2D eigenvalue weighted by molar-refractivity contribution is 7.90. The van der Waals surface area contributed by atoms with Crippen molar-refractivity contribution in [3.8, 4) is 0 Å². The Morgan fingerprint density at radius 3 is 2.42 bits per heavy atom. The minimum Gasteiger partial charge on any atom is -0.268 e. The monoisotopic (exact) mass is 188 g/mol. The molecule has 0 bridgehead atoms. The molecule has 0 atom stereocenters. The highest BCUT2D eigenvalue weighted by Gasteiger charge is 1.94. The molecule has 1 N–H and O–H groups in total. The average Bonchev–Trinajstić information content (AvgIpc) is 1.83. The Labute approximate surface area is 71.7 Å². The van der Waals surface area contributed by atoms with Gasteiger partial charge in [-0.1, -0.05) is 18.2 Å². The van der Waals surface area contributed by atoms with Gasteiger partial charge in [0.2, 0.25) is 0 Å². The van der Waals surface area contributed by atoms with Gasteiger partial charge >= 0.3 is 0 Å². The number of carbonyl (C=O) groups is 1. The van der Waals surface area contributed by atoms with Crippen molar-refractivity contribution in [3.63, 3.8) is 0 Å². The lowest BCUT2D eigenvalue weighted by molar-refractivity contribution is -0.114. The van der Waals surface area contributed by atoms with Crippen molar-refractivity contribution in [1.29, 1.82) is 0 Å². The summed E-state index contributed by atoms with van der Waals surface area (Å²) in [5, 5.41) is 0. The van der Waals surface area contributed by atoms with E-state index in [1.54, 1.807) is 0 Å². The van der Waals surface area contributed by atoms with Crippen molar-refractivity contribution in [2.24, 2.45) is 0 Å². The van der Waals surface area contributed by atoms with Crippen LogP contribution in [0.2, 0.25) is 0 Å². The van der Waals surface area contributed by atoms with E-state index in [-0.39, 0.29) is 5.75 Å². The fourth-order valence-corrected chi connectivity index (χ4v) is 0.913. The smallest absolute Gasteiger partial charge is 0.262 e. The van der Waals surface area contributed by atoms with Crippen molar-refractivity contribution in [2.45, 2.75) is 0 Å². The molecule has 0 aromatic carbocycles. The van der Waals surface area contributed by atoms with Crippen LogP contribution in [0.4, 0.5) is 0 Å². The zero-order chi connectivity index (χ0) is 9.61. The van der Waals surface area contributed by atoms with Gasteiger partial charge in [-0.15, -0.1) is 0 Å². The maximum Gasteiger partial charge on any atom is 0.262 e. The van der Waals surface area contributed by atoms with Crippen molar-refractivity contribution in [3.05, 3.63) is 24.3 Å². The highest BCUT2D eigenvalue weighted by atomic mass is 32.2. The van der Waals surface area contributed by atoms with Crippen molar-refractivity contribution >= 4 is 15.7 Å². The predicted molar refractivity (Wildman–Crippen MR) is 46.1 cm³/mol. The second kappa shape index (κ2) is 4.71. The largest absolute Gasteiger partial charge is 0.268 e. The minimum atomic E-state index is -2.98. The van der Waals surface area contributed by atoms with E-state index in [1.807, 2.05) is 0 Å². The zero-order valence-corrected chi connectivity index (χ0v) is 7.47. The molecule has 0 aliphatic heterocycles. The van der Waals surface area contributed by atoms with Crippen LogP contribution in [0.1, 0.15) is 0 Å². The van der Waals surface area contributed by atoms with Gasteiger partial charge in [-0.3, -0.25) is 10.5 Å². The number of rotatable bonds is 4. The molecule has 12 heavy (non-hydrogen) atoms. The van der Waals surface area contributed by atoms with Crippen LogP contribution in [-0.2, 0) is 14.6 Å². The fourth-order valence-electron chi connectivity index (χ4n) is 0.452. The molecule has 1 radical (unpaired) electrons. The SMILES string of the molecule is CS(=O)(=O)C/C=C/C=C/C([NH])=O. The van der Waals surface area contributed by atoms with Gasteiger partial charge in [-0.25, -0.2) is 8.42 Å². The third kappa shape index (κ3) is 8.90. The molecule has 0 spiro atoms. The number of hydrogen-bond acceptors (Lipinski definition) is 3. The topological polar surface area (TPSA) is 75.0 Å². The highest BCUT2D eigenvalue weighted by Crippen LogP contribution is 1.85. The van der Waals surface area contributed by atoms with Crippen LogP contribution in [0.3, 0.4) is 0 Å². The van der Waals surface area contributed by atoms with Gasteiger partial charge in [0, 0.05) is 12.3 Å². The molecule has 0 fully saturated rings. The summed E-state index contributed by atoms with van der Waals surface area (Å²) in [6.07, 6.45) is 6.33. The zero-order valence-electron chi connectivity index (χ0n) is 6.65. The van der Waals surface area contributed by atoms with Gasteiger partial charge in [0.05, 0.1) is 5.75 Å². The first-order valence-electron chi connectivity index (χ1n) is 3.18. The first kappa shape index (κ1) is 10.9. The second-order valence-corrected chi connectivity index (χ2v) is 4.43. The molecule has 5 heteroatoms. The summed E-state index contributed by atoms with van der Waals surface area (Å²) in [5.74, 6) is -0.859. The average molecular weight is 188 g/mol. The van der Waals surface area contributed by atoms with Gasteiger partial charge in [0.15, 0.2) is 9.84 Å². The standard InChI is InChI=1S/C7H10NO3S/c1-12(10,11)6-4-2-3-5-7(8)9/h2-5,8H,6H2,1H3/b4-2+,5-3+. The van der Waals surface area contributed by atoms with Crippen LogP contribution >= 0.6 is 0 Å². The Morgan fingerprint density at radius 1 is 1.42 bits per heavy atom. The van der Waals surface area contributed by atoms with E-state index in [1.165, 1.54) is 18.2 Å². The van der Waals surface area contributed by atoms with E-state index in [4.69, 9.17) is 5.73 Å².